The van der Waals surface area contributed by atoms with E-state index in [1.165, 1.54) is 18.2 Å². The van der Waals surface area contributed by atoms with Gasteiger partial charge in [0, 0.05) is 25.7 Å². The van der Waals surface area contributed by atoms with Crippen molar-refractivity contribution in [1.82, 2.24) is 15.1 Å². The standard InChI is InChI=1S/C16H20FN3O3/c1-9(2)18-16(22)20-7-12-14(8-20)23-13-6-10(17)4-5-11(13)15(21)19(12)3/h4-6,9,12,14H,7-8H2,1-3H3,(H,18,22). The Bertz CT molecular complexity index is 649. The van der Waals surface area contributed by atoms with Crippen molar-refractivity contribution in [2.24, 2.45) is 0 Å². The quantitative estimate of drug-likeness (QED) is 0.852. The number of urea groups is 1. The fraction of sp³-hybridized carbons (Fsp3) is 0.500. The van der Waals surface area contributed by atoms with E-state index in [2.05, 4.69) is 5.32 Å². The third-order valence-corrected chi connectivity index (χ3v) is 4.21. The Balaban J connectivity index is 1.86. The average Bonchev–Trinajstić information content (AvgIpc) is 2.85. The molecule has 2 aliphatic heterocycles. The van der Waals surface area contributed by atoms with Crippen molar-refractivity contribution >= 4 is 11.9 Å². The Labute approximate surface area is 134 Å². The molecule has 2 aliphatic rings. The molecule has 0 radical (unpaired) electrons. The Morgan fingerprint density at radius 3 is 2.83 bits per heavy atom. The van der Waals surface area contributed by atoms with Crippen LogP contribution in [-0.4, -0.2) is 60.1 Å². The third kappa shape index (κ3) is 2.83. The van der Waals surface area contributed by atoms with Crippen molar-refractivity contribution in [1.29, 1.82) is 0 Å². The smallest absolute Gasteiger partial charge is 0.317 e. The highest BCUT2D eigenvalue weighted by molar-refractivity contribution is 5.97. The van der Waals surface area contributed by atoms with Crippen LogP contribution in [0.15, 0.2) is 18.2 Å². The van der Waals surface area contributed by atoms with Gasteiger partial charge in [-0.25, -0.2) is 9.18 Å². The zero-order valence-electron chi connectivity index (χ0n) is 13.4. The largest absolute Gasteiger partial charge is 0.485 e. The first-order valence-corrected chi connectivity index (χ1v) is 7.65. The lowest BCUT2D eigenvalue weighted by Crippen LogP contribution is -2.45. The number of hydrogen-bond donors (Lipinski definition) is 1. The van der Waals surface area contributed by atoms with Gasteiger partial charge in [-0.3, -0.25) is 4.79 Å². The minimum atomic E-state index is -0.454. The number of carbonyl (C=O) groups excluding carboxylic acids is 2. The summed E-state index contributed by atoms with van der Waals surface area (Å²) in [7, 11) is 1.69. The molecule has 1 saturated heterocycles. The van der Waals surface area contributed by atoms with E-state index < -0.39 is 5.82 Å². The summed E-state index contributed by atoms with van der Waals surface area (Å²) < 4.78 is 19.3. The molecule has 0 bridgehead atoms. The van der Waals surface area contributed by atoms with E-state index in [0.717, 1.165) is 0 Å². The van der Waals surface area contributed by atoms with Crippen molar-refractivity contribution in [3.05, 3.63) is 29.6 Å². The van der Waals surface area contributed by atoms with E-state index in [-0.39, 0.29) is 35.9 Å². The molecule has 3 rings (SSSR count). The number of rotatable bonds is 1. The molecule has 6 nitrogen and oxygen atoms in total. The van der Waals surface area contributed by atoms with Crippen molar-refractivity contribution in [2.45, 2.75) is 32.0 Å². The van der Waals surface area contributed by atoms with Gasteiger partial charge < -0.3 is 19.9 Å². The van der Waals surface area contributed by atoms with Gasteiger partial charge in [0.15, 0.2) is 0 Å². The van der Waals surface area contributed by atoms with E-state index in [1.54, 1.807) is 16.8 Å². The third-order valence-electron chi connectivity index (χ3n) is 4.21. The summed E-state index contributed by atoms with van der Waals surface area (Å²) in [6, 6.07) is 3.50. The summed E-state index contributed by atoms with van der Waals surface area (Å²) in [6.07, 6.45) is -0.370. The Morgan fingerprint density at radius 2 is 2.13 bits per heavy atom. The molecule has 1 aromatic carbocycles. The molecule has 1 N–H and O–H groups in total. The lowest BCUT2D eigenvalue weighted by atomic mass is 10.1. The number of carbonyl (C=O) groups is 2. The van der Waals surface area contributed by atoms with Crippen LogP contribution in [0.2, 0.25) is 0 Å². The SMILES string of the molecule is CC(C)NC(=O)N1CC2Oc3cc(F)ccc3C(=O)N(C)C2C1. The highest BCUT2D eigenvalue weighted by atomic mass is 19.1. The fourth-order valence-corrected chi connectivity index (χ4v) is 3.02. The van der Waals surface area contributed by atoms with Crippen LogP contribution >= 0.6 is 0 Å². The first-order valence-electron chi connectivity index (χ1n) is 7.65. The summed E-state index contributed by atoms with van der Waals surface area (Å²) in [6.45, 7) is 4.52. The van der Waals surface area contributed by atoms with E-state index in [1.807, 2.05) is 13.8 Å². The lowest BCUT2D eigenvalue weighted by Gasteiger charge is -2.25. The minimum Gasteiger partial charge on any atom is -0.485 e. The predicted octanol–water partition coefficient (Wildman–Crippen LogP) is 1.46. The molecule has 3 amide bonds. The van der Waals surface area contributed by atoms with Crippen LogP contribution < -0.4 is 10.1 Å². The Hall–Kier alpha value is -2.31. The molecule has 1 fully saturated rings. The summed E-state index contributed by atoms with van der Waals surface area (Å²) in [5, 5.41) is 2.83. The Morgan fingerprint density at radius 1 is 1.39 bits per heavy atom. The molecule has 1 aromatic rings. The van der Waals surface area contributed by atoms with Crippen molar-refractivity contribution in [2.75, 3.05) is 20.1 Å². The summed E-state index contributed by atoms with van der Waals surface area (Å²) in [5.74, 6) is -0.441. The molecule has 2 atom stereocenters. The monoisotopic (exact) mass is 321 g/mol. The number of hydrogen-bond acceptors (Lipinski definition) is 3. The molecule has 2 unspecified atom stereocenters. The van der Waals surface area contributed by atoms with Crippen LogP contribution in [0.25, 0.3) is 0 Å². The van der Waals surface area contributed by atoms with E-state index >= 15 is 0 Å². The fourth-order valence-electron chi connectivity index (χ4n) is 3.02. The number of benzene rings is 1. The first kappa shape index (κ1) is 15.6. The second-order valence-electron chi connectivity index (χ2n) is 6.29. The van der Waals surface area contributed by atoms with Gasteiger partial charge in [-0.1, -0.05) is 0 Å². The summed E-state index contributed by atoms with van der Waals surface area (Å²) in [4.78, 5) is 27.9. The van der Waals surface area contributed by atoms with Gasteiger partial charge in [-0.15, -0.1) is 0 Å². The zero-order chi connectivity index (χ0) is 16.7. The normalized spacial score (nSPS) is 23.3. The highest BCUT2D eigenvalue weighted by Crippen LogP contribution is 2.31. The van der Waals surface area contributed by atoms with Crippen molar-refractivity contribution < 1.29 is 18.7 Å². The van der Waals surface area contributed by atoms with Crippen LogP contribution in [0.3, 0.4) is 0 Å². The highest BCUT2D eigenvalue weighted by Gasteiger charge is 2.43. The second kappa shape index (κ2) is 5.72. The summed E-state index contributed by atoms with van der Waals surface area (Å²) in [5.41, 5.74) is 0.349. The summed E-state index contributed by atoms with van der Waals surface area (Å²) >= 11 is 0. The topological polar surface area (TPSA) is 61.9 Å². The number of halogens is 1. The van der Waals surface area contributed by atoms with Gasteiger partial charge in [0.05, 0.1) is 18.2 Å². The molecule has 23 heavy (non-hydrogen) atoms. The number of likely N-dealkylation sites (tertiary alicyclic amines) is 1. The van der Waals surface area contributed by atoms with E-state index in [9.17, 15) is 14.0 Å². The number of likely N-dealkylation sites (N-methyl/N-ethyl adjacent to an activating group) is 1. The van der Waals surface area contributed by atoms with E-state index in [4.69, 9.17) is 4.74 Å². The molecule has 0 saturated carbocycles. The number of amides is 3. The number of fused-ring (bicyclic) bond motifs is 2. The average molecular weight is 321 g/mol. The van der Waals surface area contributed by atoms with Gasteiger partial charge in [-0.2, -0.15) is 0 Å². The van der Waals surface area contributed by atoms with Gasteiger partial charge >= 0.3 is 6.03 Å². The molecular formula is C16H20FN3O3. The van der Waals surface area contributed by atoms with Crippen LogP contribution in [0.1, 0.15) is 24.2 Å². The van der Waals surface area contributed by atoms with Crippen molar-refractivity contribution in [3.63, 3.8) is 0 Å². The molecule has 0 spiro atoms. The van der Waals surface area contributed by atoms with Crippen LogP contribution in [-0.2, 0) is 0 Å². The number of ether oxygens (including phenoxy) is 1. The van der Waals surface area contributed by atoms with E-state index in [0.29, 0.717) is 18.7 Å². The maximum absolute atomic E-state index is 13.5. The zero-order valence-corrected chi connectivity index (χ0v) is 13.4. The molecule has 0 aromatic heterocycles. The van der Waals surface area contributed by atoms with Gasteiger partial charge in [0.1, 0.15) is 17.7 Å². The Kier molecular flexibility index (Phi) is 3.87. The number of nitrogens with one attached hydrogen (secondary N) is 1. The molecule has 0 aliphatic carbocycles. The first-order chi connectivity index (χ1) is 10.9. The predicted molar refractivity (Wildman–Crippen MR) is 81.9 cm³/mol. The van der Waals surface area contributed by atoms with Crippen LogP contribution in [0, 0.1) is 5.82 Å². The lowest BCUT2D eigenvalue weighted by molar-refractivity contribution is 0.0682. The van der Waals surface area contributed by atoms with Crippen molar-refractivity contribution in [3.8, 4) is 5.75 Å². The second-order valence-corrected chi connectivity index (χ2v) is 6.29. The van der Waals surface area contributed by atoms with Gasteiger partial charge in [0.25, 0.3) is 5.91 Å². The maximum Gasteiger partial charge on any atom is 0.317 e. The molecular weight excluding hydrogens is 301 g/mol. The minimum absolute atomic E-state index is 0.0306. The van der Waals surface area contributed by atoms with Gasteiger partial charge in [-0.05, 0) is 26.0 Å². The number of nitrogens with zero attached hydrogens (tertiary/aromatic N) is 2. The van der Waals surface area contributed by atoms with Crippen LogP contribution in [0.4, 0.5) is 9.18 Å². The molecule has 7 heteroatoms. The molecule has 2 heterocycles. The molecule has 124 valence electrons. The maximum atomic E-state index is 13.5. The van der Waals surface area contributed by atoms with Gasteiger partial charge in [0.2, 0.25) is 0 Å². The van der Waals surface area contributed by atoms with Crippen LogP contribution in [0.5, 0.6) is 5.75 Å².